The molecule has 0 radical (unpaired) electrons. The molecule has 2 N–H and O–H groups in total. The monoisotopic (exact) mass is 979 g/mol. The van der Waals surface area contributed by atoms with E-state index in [-0.39, 0.29) is 12.5 Å². The molecule has 69 heavy (non-hydrogen) atoms. The molecule has 0 aliphatic rings. The molecule has 8 nitrogen and oxygen atoms in total. The van der Waals surface area contributed by atoms with E-state index in [4.69, 9.17) is 9.05 Å². The molecular formula is C60H103N2O6P. The number of aliphatic hydroxyl groups excluding tert-OH is 1. The molecule has 0 bridgehead atoms. The third-order valence-electron chi connectivity index (χ3n) is 11.4. The van der Waals surface area contributed by atoms with Crippen LogP contribution in [-0.2, 0) is 18.4 Å². The molecule has 9 heteroatoms. The Bertz CT molecular complexity index is 1530. The van der Waals surface area contributed by atoms with Gasteiger partial charge in [-0.3, -0.25) is 9.36 Å². The topological polar surface area (TPSA) is 108 Å². The van der Waals surface area contributed by atoms with Crippen LogP contribution in [-0.4, -0.2) is 68.5 Å². The Balaban J connectivity index is 4.35. The van der Waals surface area contributed by atoms with Crippen molar-refractivity contribution in [3.05, 3.63) is 122 Å². The van der Waals surface area contributed by atoms with Crippen molar-refractivity contribution in [2.24, 2.45) is 0 Å². The summed E-state index contributed by atoms with van der Waals surface area (Å²) in [4.78, 5) is 25.4. The number of carbonyl (C=O) groups excluding carboxylic acids is 1. The Labute approximate surface area is 424 Å². The quantitative estimate of drug-likeness (QED) is 0.0272. The molecule has 0 saturated carbocycles. The molecule has 0 aromatic heterocycles. The smallest absolute Gasteiger partial charge is 0.268 e. The summed E-state index contributed by atoms with van der Waals surface area (Å²) < 4.78 is 23.3. The molecule has 394 valence electrons. The van der Waals surface area contributed by atoms with Gasteiger partial charge in [-0.1, -0.05) is 225 Å². The maximum atomic E-state index is 12.9. The van der Waals surface area contributed by atoms with Crippen LogP contribution < -0.4 is 10.2 Å². The fraction of sp³-hybridized carbons (Fsp3) is 0.650. The number of nitrogens with zero attached hydrogens (tertiary/aromatic N) is 1. The van der Waals surface area contributed by atoms with Crippen LogP contribution in [0, 0.1) is 0 Å². The van der Waals surface area contributed by atoms with Gasteiger partial charge in [-0.05, 0) is 89.9 Å². The van der Waals surface area contributed by atoms with Gasteiger partial charge in [-0.15, -0.1) is 0 Å². The predicted molar refractivity (Wildman–Crippen MR) is 297 cm³/mol. The Hall–Kier alpha value is -3.10. The number of rotatable bonds is 48. The summed E-state index contributed by atoms with van der Waals surface area (Å²) >= 11 is 0. The van der Waals surface area contributed by atoms with Gasteiger partial charge in [0.25, 0.3) is 7.82 Å². The fourth-order valence-corrected chi connectivity index (χ4v) is 7.87. The first-order chi connectivity index (χ1) is 33.5. The normalized spacial score (nSPS) is 14.9. The molecule has 0 aliphatic carbocycles. The van der Waals surface area contributed by atoms with E-state index < -0.39 is 26.6 Å². The van der Waals surface area contributed by atoms with Gasteiger partial charge in [-0.25, -0.2) is 0 Å². The number of amides is 1. The lowest BCUT2D eigenvalue weighted by atomic mass is 10.0. The van der Waals surface area contributed by atoms with Crippen LogP contribution in [0.3, 0.4) is 0 Å². The Kier molecular flexibility index (Phi) is 47.6. The number of phosphoric acid groups is 1. The molecule has 0 saturated heterocycles. The lowest BCUT2D eigenvalue weighted by Crippen LogP contribution is -2.45. The summed E-state index contributed by atoms with van der Waals surface area (Å²) in [7, 11) is 1.22. The van der Waals surface area contributed by atoms with Crippen LogP contribution in [0.5, 0.6) is 0 Å². The maximum Gasteiger partial charge on any atom is 0.268 e. The number of phosphoric ester groups is 1. The van der Waals surface area contributed by atoms with Crippen molar-refractivity contribution in [3.63, 3.8) is 0 Å². The predicted octanol–water partition coefficient (Wildman–Crippen LogP) is 16.0. The van der Waals surface area contributed by atoms with E-state index in [0.29, 0.717) is 23.9 Å². The highest BCUT2D eigenvalue weighted by atomic mass is 31.2. The zero-order valence-electron chi connectivity index (χ0n) is 44.7. The lowest BCUT2D eigenvalue weighted by molar-refractivity contribution is -0.870. The Morgan fingerprint density at radius 3 is 1.29 bits per heavy atom. The molecular weight excluding hydrogens is 876 g/mol. The van der Waals surface area contributed by atoms with Crippen LogP contribution in [0.25, 0.3) is 0 Å². The van der Waals surface area contributed by atoms with Crippen molar-refractivity contribution in [2.75, 3.05) is 40.9 Å². The Morgan fingerprint density at radius 2 is 0.884 bits per heavy atom. The first-order valence-corrected chi connectivity index (χ1v) is 28.9. The maximum absolute atomic E-state index is 12.9. The molecule has 3 atom stereocenters. The van der Waals surface area contributed by atoms with Crippen LogP contribution >= 0.6 is 7.82 Å². The molecule has 0 spiro atoms. The summed E-state index contributed by atoms with van der Waals surface area (Å²) in [5.41, 5.74) is 0. The van der Waals surface area contributed by atoms with E-state index >= 15 is 0 Å². The van der Waals surface area contributed by atoms with Crippen molar-refractivity contribution in [1.29, 1.82) is 0 Å². The third-order valence-corrected chi connectivity index (χ3v) is 12.4. The molecule has 0 aliphatic heterocycles. The number of nitrogens with one attached hydrogen (secondary N) is 1. The van der Waals surface area contributed by atoms with E-state index in [1.54, 1.807) is 6.08 Å². The van der Waals surface area contributed by atoms with Crippen molar-refractivity contribution >= 4 is 13.7 Å². The summed E-state index contributed by atoms with van der Waals surface area (Å²) in [5.74, 6) is -0.234. The average molecular weight is 979 g/mol. The van der Waals surface area contributed by atoms with Crippen LogP contribution in [0.4, 0.5) is 0 Å². The fourth-order valence-electron chi connectivity index (χ4n) is 7.14. The second-order valence-corrected chi connectivity index (χ2v) is 20.6. The number of hydrogen-bond acceptors (Lipinski definition) is 6. The number of quaternary nitrogens is 1. The van der Waals surface area contributed by atoms with E-state index in [0.717, 1.165) is 96.3 Å². The number of carbonyl (C=O) groups is 1. The van der Waals surface area contributed by atoms with Gasteiger partial charge < -0.3 is 28.8 Å². The number of hydrogen-bond donors (Lipinski definition) is 2. The van der Waals surface area contributed by atoms with Gasteiger partial charge in [0, 0.05) is 6.42 Å². The summed E-state index contributed by atoms with van der Waals surface area (Å²) in [6.45, 7) is 4.49. The molecule has 0 heterocycles. The molecule has 0 rings (SSSR count). The van der Waals surface area contributed by atoms with Gasteiger partial charge in [-0.2, -0.15) is 0 Å². The van der Waals surface area contributed by atoms with Crippen LogP contribution in [0.1, 0.15) is 200 Å². The van der Waals surface area contributed by atoms with E-state index in [2.05, 4.69) is 129 Å². The standard InChI is InChI=1S/C60H103N2O6P/c1-6-8-10-12-14-16-18-20-22-24-25-26-27-28-29-30-31-32-33-34-35-36-37-38-40-42-44-46-48-50-52-54-60(64)61-58(57-68-69(65,66)67-56-55-62(3,4)5)59(63)53-51-49-47-45-43-41-39-23-21-19-17-15-13-11-9-7-2/h8,10,14,16,20,22,25-26,28-29,31-32,34-35,37-38,42,44,51,53,58-59,63H,6-7,9,11-13,15,17-19,21,23-24,27,30,33,36,39-41,43,45-50,52,54-57H2,1-5H3,(H-,61,64,65,66)/b10-8-,16-14-,22-20-,26-25-,29-28-,32-31-,35-34-,38-37-,44-42-,53-51+. The van der Waals surface area contributed by atoms with Crippen molar-refractivity contribution < 1.29 is 32.9 Å². The van der Waals surface area contributed by atoms with Gasteiger partial charge in [0.1, 0.15) is 13.2 Å². The Morgan fingerprint density at radius 1 is 0.522 bits per heavy atom. The molecule has 3 unspecified atom stereocenters. The van der Waals surface area contributed by atoms with Crippen molar-refractivity contribution in [3.8, 4) is 0 Å². The molecule has 0 aromatic rings. The minimum atomic E-state index is -4.61. The van der Waals surface area contributed by atoms with Crippen LogP contribution in [0.2, 0.25) is 0 Å². The largest absolute Gasteiger partial charge is 0.756 e. The second kappa shape index (κ2) is 49.9. The lowest BCUT2D eigenvalue weighted by Gasteiger charge is -2.29. The van der Waals surface area contributed by atoms with Gasteiger partial charge in [0.15, 0.2) is 0 Å². The highest BCUT2D eigenvalue weighted by Crippen LogP contribution is 2.38. The number of aliphatic hydroxyl groups is 1. The number of unbranched alkanes of at least 4 members (excludes halogenated alkanes) is 17. The van der Waals surface area contributed by atoms with E-state index in [1.165, 1.54) is 77.0 Å². The number of likely N-dealkylation sites (N-methyl/N-ethyl adjacent to an activating group) is 1. The third kappa shape index (κ3) is 52.6. The molecule has 0 fully saturated rings. The SMILES string of the molecule is CC/C=C\C/C=C\C/C=C\C/C=C\C/C=C\C/C=C\C/C=C\C/C=C\C/C=C\CCCCCC(=O)NC(COP(=O)([O-])OCC[N+](C)(C)C)C(O)/C=C/CCCCCCCCCCCCCCCC. The summed E-state index contributed by atoms with van der Waals surface area (Å²) in [6, 6.07) is -0.914. The van der Waals surface area contributed by atoms with Gasteiger partial charge in [0.05, 0.1) is 39.9 Å². The molecule has 0 aromatic carbocycles. The summed E-state index contributed by atoms with van der Waals surface area (Å²) in [6.07, 6.45) is 74.0. The van der Waals surface area contributed by atoms with Crippen LogP contribution in [0.15, 0.2) is 122 Å². The second-order valence-electron chi connectivity index (χ2n) is 19.2. The van der Waals surface area contributed by atoms with Gasteiger partial charge in [0.2, 0.25) is 5.91 Å². The minimum absolute atomic E-state index is 0.0146. The minimum Gasteiger partial charge on any atom is -0.756 e. The van der Waals surface area contributed by atoms with E-state index in [1.807, 2.05) is 27.2 Å². The highest BCUT2D eigenvalue weighted by molar-refractivity contribution is 7.45. The first kappa shape index (κ1) is 65.9. The highest BCUT2D eigenvalue weighted by Gasteiger charge is 2.23. The van der Waals surface area contributed by atoms with Crippen molar-refractivity contribution in [1.82, 2.24) is 5.32 Å². The first-order valence-electron chi connectivity index (χ1n) is 27.4. The van der Waals surface area contributed by atoms with Gasteiger partial charge >= 0.3 is 0 Å². The average Bonchev–Trinajstić information content (AvgIpc) is 3.31. The van der Waals surface area contributed by atoms with Crippen molar-refractivity contribution in [2.45, 2.75) is 212 Å². The number of allylic oxidation sites excluding steroid dienone is 19. The van der Waals surface area contributed by atoms with E-state index in [9.17, 15) is 19.4 Å². The summed E-state index contributed by atoms with van der Waals surface area (Å²) in [5, 5.41) is 13.8. The molecule has 1 amide bonds. The zero-order chi connectivity index (χ0) is 50.6. The zero-order valence-corrected chi connectivity index (χ0v) is 45.6.